The number of methoxy groups -OCH3 is 1. The van der Waals surface area contributed by atoms with Gasteiger partial charge in [-0.2, -0.15) is 0 Å². The Morgan fingerprint density at radius 1 is 1.53 bits per heavy atom. The van der Waals surface area contributed by atoms with E-state index in [-0.39, 0.29) is 11.9 Å². The molecule has 17 heavy (non-hydrogen) atoms. The van der Waals surface area contributed by atoms with E-state index in [1.54, 1.807) is 7.11 Å². The third-order valence-electron chi connectivity index (χ3n) is 3.29. The average molecular weight is 243 g/mol. The molecule has 1 aliphatic rings. The van der Waals surface area contributed by atoms with Crippen LogP contribution in [0.3, 0.4) is 0 Å². The second-order valence-corrected chi connectivity index (χ2v) is 4.78. The van der Waals surface area contributed by atoms with E-state index in [1.807, 2.05) is 7.05 Å². The van der Waals surface area contributed by atoms with E-state index in [0.717, 1.165) is 32.7 Å². The summed E-state index contributed by atoms with van der Waals surface area (Å²) in [6, 6.07) is -0.000665. The molecular weight excluding hydrogens is 218 g/mol. The molecule has 0 aliphatic carbocycles. The van der Waals surface area contributed by atoms with Crippen molar-refractivity contribution in [2.24, 2.45) is 5.92 Å². The molecule has 0 spiro atoms. The standard InChI is InChI=1S/C12H25N3O2/c1-10-4-5-13-11(10)12(16)14-6-7-15(2)8-9-17-3/h10-11,13H,4-9H2,1-3H3,(H,14,16). The van der Waals surface area contributed by atoms with Gasteiger partial charge in [0, 0.05) is 26.7 Å². The molecule has 0 aromatic carbocycles. The van der Waals surface area contributed by atoms with Gasteiger partial charge in [-0.05, 0) is 25.9 Å². The highest BCUT2D eigenvalue weighted by molar-refractivity contribution is 5.82. The lowest BCUT2D eigenvalue weighted by Gasteiger charge is -2.19. The topological polar surface area (TPSA) is 53.6 Å². The number of nitrogens with one attached hydrogen (secondary N) is 2. The zero-order chi connectivity index (χ0) is 12.7. The van der Waals surface area contributed by atoms with E-state index in [9.17, 15) is 4.79 Å². The van der Waals surface area contributed by atoms with Gasteiger partial charge in [0.2, 0.25) is 5.91 Å². The highest BCUT2D eigenvalue weighted by Crippen LogP contribution is 2.13. The summed E-state index contributed by atoms with van der Waals surface area (Å²) in [6.07, 6.45) is 1.09. The molecule has 100 valence electrons. The highest BCUT2D eigenvalue weighted by Gasteiger charge is 2.28. The maximum absolute atomic E-state index is 11.8. The minimum atomic E-state index is -0.000665. The summed E-state index contributed by atoms with van der Waals surface area (Å²) in [5, 5.41) is 6.21. The number of amides is 1. The largest absolute Gasteiger partial charge is 0.383 e. The molecular formula is C12H25N3O2. The summed E-state index contributed by atoms with van der Waals surface area (Å²) >= 11 is 0. The maximum Gasteiger partial charge on any atom is 0.237 e. The molecule has 0 aromatic heterocycles. The van der Waals surface area contributed by atoms with Crippen LogP contribution < -0.4 is 10.6 Å². The van der Waals surface area contributed by atoms with Crippen molar-refractivity contribution in [1.29, 1.82) is 0 Å². The molecule has 5 heteroatoms. The Morgan fingerprint density at radius 2 is 2.29 bits per heavy atom. The highest BCUT2D eigenvalue weighted by atomic mass is 16.5. The fourth-order valence-corrected chi connectivity index (χ4v) is 2.02. The zero-order valence-electron chi connectivity index (χ0n) is 11.2. The van der Waals surface area contributed by atoms with Gasteiger partial charge >= 0.3 is 0 Å². The van der Waals surface area contributed by atoms with Crippen LogP contribution in [0.2, 0.25) is 0 Å². The Balaban J connectivity index is 2.11. The lowest BCUT2D eigenvalue weighted by atomic mass is 10.0. The van der Waals surface area contributed by atoms with Gasteiger partial charge in [-0.1, -0.05) is 6.92 Å². The third-order valence-corrected chi connectivity index (χ3v) is 3.29. The van der Waals surface area contributed by atoms with Gasteiger partial charge in [0.15, 0.2) is 0 Å². The minimum Gasteiger partial charge on any atom is -0.383 e. The van der Waals surface area contributed by atoms with E-state index in [2.05, 4.69) is 22.5 Å². The number of carbonyl (C=O) groups is 1. The molecule has 2 N–H and O–H groups in total. The predicted octanol–water partition coefficient (Wildman–Crippen LogP) is -0.321. The predicted molar refractivity (Wildman–Crippen MR) is 68.0 cm³/mol. The van der Waals surface area contributed by atoms with Gasteiger partial charge in [-0.3, -0.25) is 4.79 Å². The van der Waals surface area contributed by atoms with Crippen molar-refractivity contribution in [2.45, 2.75) is 19.4 Å². The van der Waals surface area contributed by atoms with Crippen LogP contribution in [0.1, 0.15) is 13.3 Å². The molecule has 1 saturated heterocycles. The molecule has 1 fully saturated rings. The van der Waals surface area contributed by atoms with E-state index < -0.39 is 0 Å². The van der Waals surface area contributed by atoms with Gasteiger partial charge in [-0.15, -0.1) is 0 Å². The smallest absolute Gasteiger partial charge is 0.237 e. The molecule has 1 heterocycles. The molecule has 5 nitrogen and oxygen atoms in total. The number of hydrogen-bond donors (Lipinski definition) is 2. The maximum atomic E-state index is 11.8. The minimum absolute atomic E-state index is 0.000665. The lowest BCUT2D eigenvalue weighted by Crippen LogP contribution is -2.45. The fraction of sp³-hybridized carbons (Fsp3) is 0.917. The number of likely N-dealkylation sites (N-methyl/N-ethyl adjacent to an activating group) is 1. The molecule has 1 aliphatic heterocycles. The van der Waals surface area contributed by atoms with Crippen molar-refractivity contribution in [2.75, 3.05) is 46.9 Å². The number of rotatable bonds is 7. The Labute approximate surface area is 104 Å². The normalized spacial score (nSPS) is 24.2. The van der Waals surface area contributed by atoms with E-state index in [4.69, 9.17) is 4.74 Å². The summed E-state index contributed by atoms with van der Waals surface area (Å²) in [4.78, 5) is 14.0. The summed E-state index contributed by atoms with van der Waals surface area (Å²) in [6.45, 7) is 6.25. The van der Waals surface area contributed by atoms with E-state index >= 15 is 0 Å². The summed E-state index contributed by atoms with van der Waals surface area (Å²) in [5.41, 5.74) is 0. The lowest BCUT2D eigenvalue weighted by molar-refractivity contribution is -0.123. The van der Waals surface area contributed by atoms with Crippen molar-refractivity contribution in [3.05, 3.63) is 0 Å². The van der Waals surface area contributed by atoms with Gasteiger partial charge < -0.3 is 20.3 Å². The average Bonchev–Trinajstić information content (AvgIpc) is 2.72. The first kappa shape index (κ1) is 14.4. The Morgan fingerprint density at radius 3 is 2.88 bits per heavy atom. The number of nitrogens with zero attached hydrogens (tertiary/aromatic N) is 1. The van der Waals surface area contributed by atoms with Crippen molar-refractivity contribution in [3.8, 4) is 0 Å². The van der Waals surface area contributed by atoms with Crippen molar-refractivity contribution < 1.29 is 9.53 Å². The first-order valence-electron chi connectivity index (χ1n) is 6.33. The molecule has 1 amide bonds. The zero-order valence-corrected chi connectivity index (χ0v) is 11.2. The Kier molecular flexibility index (Phi) is 6.47. The number of hydrogen-bond acceptors (Lipinski definition) is 4. The molecule has 0 radical (unpaired) electrons. The van der Waals surface area contributed by atoms with Crippen LogP contribution >= 0.6 is 0 Å². The van der Waals surface area contributed by atoms with Crippen LogP contribution in [0.15, 0.2) is 0 Å². The summed E-state index contributed by atoms with van der Waals surface area (Å²) in [5.74, 6) is 0.580. The molecule has 2 unspecified atom stereocenters. The van der Waals surface area contributed by atoms with Gasteiger partial charge in [0.1, 0.15) is 0 Å². The Hall–Kier alpha value is -0.650. The number of ether oxygens (including phenoxy) is 1. The van der Waals surface area contributed by atoms with Crippen molar-refractivity contribution in [3.63, 3.8) is 0 Å². The van der Waals surface area contributed by atoms with Crippen LogP contribution in [-0.2, 0) is 9.53 Å². The van der Waals surface area contributed by atoms with E-state index in [1.165, 1.54) is 0 Å². The molecule has 0 saturated carbocycles. The summed E-state index contributed by atoms with van der Waals surface area (Å²) < 4.78 is 5.00. The van der Waals surface area contributed by atoms with Crippen LogP contribution in [0.5, 0.6) is 0 Å². The monoisotopic (exact) mass is 243 g/mol. The third kappa shape index (κ3) is 5.02. The van der Waals surface area contributed by atoms with Crippen molar-refractivity contribution in [1.82, 2.24) is 15.5 Å². The number of carbonyl (C=O) groups excluding carboxylic acids is 1. The van der Waals surface area contributed by atoms with E-state index in [0.29, 0.717) is 12.5 Å². The molecule has 0 aromatic rings. The second kappa shape index (κ2) is 7.63. The fourth-order valence-electron chi connectivity index (χ4n) is 2.02. The van der Waals surface area contributed by atoms with Gasteiger partial charge in [-0.25, -0.2) is 0 Å². The molecule has 2 atom stereocenters. The van der Waals surface area contributed by atoms with Crippen LogP contribution in [0.25, 0.3) is 0 Å². The van der Waals surface area contributed by atoms with Gasteiger partial charge in [0.05, 0.1) is 12.6 Å². The first-order chi connectivity index (χ1) is 8.15. The second-order valence-electron chi connectivity index (χ2n) is 4.78. The quantitative estimate of drug-likeness (QED) is 0.643. The van der Waals surface area contributed by atoms with Crippen LogP contribution in [0.4, 0.5) is 0 Å². The first-order valence-corrected chi connectivity index (χ1v) is 6.33. The summed E-state index contributed by atoms with van der Waals surface area (Å²) in [7, 11) is 3.73. The van der Waals surface area contributed by atoms with Gasteiger partial charge in [0.25, 0.3) is 0 Å². The molecule has 1 rings (SSSR count). The van der Waals surface area contributed by atoms with Crippen molar-refractivity contribution >= 4 is 5.91 Å². The van der Waals surface area contributed by atoms with Crippen LogP contribution in [-0.4, -0.2) is 63.8 Å². The van der Waals surface area contributed by atoms with Crippen LogP contribution in [0, 0.1) is 5.92 Å². The molecule has 0 bridgehead atoms. The SMILES string of the molecule is COCCN(C)CCNC(=O)C1NCCC1C. The Bertz CT molecular complexity index is 236.